The second kappa shape index (κ2) is 9.58. The normalized spacial score (nSPS) is 20.4. The van der Waals surface area contributed by atoms with Crippen LogP contribution in [0.3, 0.4) is 0 Å². The van der Waals surface area contributed by atoms with E-state index >= 15 is 0 Å². The lowest BCUT2D eigenvalue weighted by molar-refractivity contribution is -0.192. The molecule has 192 valence electrons. The zero-order chi connectivity index (χ0) is 26.3. The maximum absolute atomic E-state index is 13.9. The van der Waals surface area contributed by atoms with Gasteiger partial charge in [0.05, 0.1) is 24.8 Å². The number of carbonyl (C=O) groups is 3. The van der Waals surface area contributed by atoms with E-state index in [4.69, 9.17) is 0 Å². The maximum Gasteiger partial charge on any atom is 0.424 e. The smallest absolute Gasteiger partial charge is 0.424 e. The van der Waals surface area contributed by atoms with Gasteiger partial charge >= 0.3 is 6.09 Å². The molecule has 2 atom stereocenters. The molecule has 2 aromatic carbocycles. The SMILES string of the molecule is C=CCN1CC(=O)N2[C@@H](Cc3ccc(O)cc3)C(=O)N(Cc3cccc4c3cnn4C)C[C@@H]2N1C(=O)O. The number of hydrazine groups is 1. The number of phenols is 1. The third-order valence-electron chi connectivity index (χ3n) is 6.97. The average Bonchev–Trinajstić information content (AvgIpc) is 3.24. The van der Waals surface area contributed by atoms with Crippen LogP contribution >= 0.6 is 0 Å². The van der Waals surface area contributed by atoms with E-state index in [1.165, 1.54) is 22.0 Å². The van der Waals surface area contributed by atoms with Crippen LogP contribution in [0.25, 0.3) is 10.9 Å². The van der Waals surface area contributed by atoms with Crippen molar-refractivity contribution in [2.75, 3.05) is 19.6 Å². The monoisotopic (exact) mass is 504 g/mol. The highest BCUT2D eigenvalue weighted by atomic mass is 16.4. The minimum absolute atomic E-state index is 0.0211. The molecular formula is C26H28N6O5. The fourth-order valence-corrected chi connectivity index (χ4v) is 5.26. The summed E-state index contributed by atoms with van der Waals surface area (Å²) < 4.78 is 1.76. The number of benzene rings is 2. The second-order valence-corrected chi connectivity index (χ2v) is 9.27. The van der Waals surface area contributed by atoms with E-state index in [-0.39, 0.29) is 50.2 Å². The minimum Gasteiger partial charge on any atom is -0.508 e. The highest BCUT2D eigenvalue weighted by molar-refractivity contribution is 5.92. The van der Waals surface area contributed by atoms with Crippen molar-refractivity contribution in [3.8, 4) is 5.75 Å². The Bertz CT molecular complexity index is 1370. The number of amides is 3. The Labute approximate surface area is 213 Å². The van der Waals surface area contributed by atoms with E-state index in [2.05, 4.69) is 11.7 Å². The number of fused-ring (bicyclic) bond motifs is 2. The molecule has 3 aromatic rings. The number of piperazine rings is 1. The lowest BCUT2D eigenvalue weighted by Crippen LogP contribution is -2.75. The van der Waals surface area contributed by atoms with E-state index in [1.54, 1.807) is 34.0 Å². The molecule has 0 aliphatic carbocycles. The van der Waals surface area contributed by atoms with E-state index < -0.39 is 18.3 Å². The van der Waals surface area contributed by atoms with Crippen LogP contribution in [0.1, 0.15) is 11.1 Å². The largest absolute Gasteiger partial charge is 0.508 e. The fraction of sp³-hybridized carbons (Fsp3) is 0.308. The molecule has 0 unspecified atom stereocenters. The van der Waals surface area contributed by atoms with E-state index in [0.717, 1.165) is 27.0 Å². The number of nitrogens with zero attached hydrogens (tertiary/aromatic N) is 6. The van der Waals surface area contributed by atoms with Crippen LogP contribution in [0.15, 0.2) is 61.3 Å². The van der Waals surface area contributed by atoms with Crippen molar-refractivity contribution >= 4 is 28.8 Å². The first kappa shape index (κ1) is 24.3. The summed E-state index contributed by atoms with van der Waals surface area (Å²) in [6.07, 6.45) is 1.37. The molecule has 2 aliphatic rings. The molecule has 2 saturated heterocycles. The van der Waals surface area contributed by atoms with Gasteiger partial charge in [0.25, 0.3) is 0 Å². The molecule has 37 heavy (non-hydrogen) atoms. The molecule has 1 aromatic heterocycles. The molecule has 11 nitrogen and oxygen atoms in total. The molecule has 3 amide bonds. The molecule has 0 spiro atoms. The van der Waals surface area contributed by atoms with E-state index in [9.17, 15) is 24.6 Å². The van der Waals surface area contributed by atoms with Crippen molar-refractivity contribution in [3.05, 3.63) is 72.4 Å². The van der Waals surface area contributed by atoms with Crippen molar-refractivity contribution in [3.63, 3.8) is 0 Å². The zero-order valence-corrected chi connectivity index (χ0v) is 20.4. The number of carboxylic acid groups (broad SMARTS) is 1. The Kier molecular flexibility index (Phi) is 6.30. The van der Waals surface area contributed by atoms with Gasteiger partial charge in [-0.05, 0) is 29.3 Å². The lowest BCUT2D eigenvalue weighted by atomic mass is 9.98. The van der Waals surface area contributed by atoms with Gasteiger partial charge in [0.15, 0.2) is 0 Å². The molecule has 3 heterocycles. The number of aromatic hydroxyl groups is 1. The standard InChI is InChI=1S/C26H28N6O5/c1-3-11-30-16-24(34)31-22(12-17-7-9-19(33)10-8-17)25(35)29(15-23(31)32(30)26(36)37)14-18-5-4-6-21-20(18)13-27-28(21)2/h3-10,13,22-23,33H,1,11-12,14-16H2,2H3,(H,36,37)/t22-,23-/m0/s1. The van der Waals surface area contributed by atoms with Gasteiger partial charge in [0.2, 0.25) is 11.8 Å². The van der Waals surface area contributed by atoms with Crippen molar-refractivity contribution in [2.24, 2.45) is 7.05 Å². The van der Waals surface area contributed by atoms with Gasteiger partial charge in [-0.3, -0.25) is 14.3 Å². The Morgan fingerprint density at radius 1 is 1.19 bits per heavy atom. The molecule has 2 aliphatic heterocycles. The van der Waals surface area contributed by atoms with Gasteiger partial charge in [0, 0.05) is 31.9 Å². The van der Waals surface area contributed by atoms with Crippen LogP contribution in [-0.2, 0) is 29.6 Å². The van der Waals surface area contributed by atoms with Crippen LogP contribution < -0.4 is 0 Å². The fourth-order valence-electron chi connectivity index (χ4n) is 5.26. The number of hydrogen-bond donors (Lipinski definition) is 2. The third kappa shape index (κ3) is 4.38. The molecule has 0 bridgehead atoms. The Hall–Kier alpha value is -4.38. The summed E-state index contributed by atoms with van der Waals surface area (Å²) in [4.78, 5) is 42.7. The van der Waals surface area contributed by atoms with Crippen LogP contribution in [0, 0.1) is 0 Å². The zero-order valence-electron chi connectivity index (χ0n) is 20.4. The van der Waals surface area contributed by atoms with Crippen LogP contribution in [0.5, 0.6) is 5.75 Å². The molecule has 0 radical (unpaired) electrons. The van der Waals surface area contributed by atoms with Crippen molar-refractivity contribution in [1.29, 1.82) is 0 Å². The predicted octanol–water partition coefficient (Wildman–Crippen LogP) is 1.78. The van der Waals surface area contributed by atoms with Gasteiger partial charge < -0.3 is 20.0 Å². The third-order valence-corrected chi connectivity index (χ3v) is 6.97. The van der Waals surface area contributed by atoms with Gasteiger partial charge in [-0.1, -0.05) is 30.3 Å². The maximum atomic E-state index is 13.9. The summed E-state index contributed by atoms with van der Waals surface area (Å²) in [6, 6.07) is 11.3. The molecular weight excluding hydrogens is 476 g/mol. The average molecular weight is 505 g/mol. The molecule has 5 rings (SSSR count). The first-order valence-corrected chi connectivity index (χ1v) is 11.9. The van der Waals surface area contributed by atoms with Crippen LogP contribution in [0.4, 0.5) is 4.79 Å². The number of hydrogen-bond acceptors (Lipinski definition) is 6. The minimum atomic E-state index is -1.21. The Morgan fingerprint density at radius 2 is 1.95 bits per heavy atom. The summed E-state index contributed by atoms with van der Waals surface area (Å²) in [5, 5.41) is 27.6. The molecule has 2 N–H and O–H groups in total. The lowest BCUT2D eigenvalue weighted by Gasteiger charge is -2.54. The number of carbonyl (C=O) groups excluding carboxylic acids is 2. The Balaban J connectivity index is 1.54. The number of aryl methyl sites for hydroxylation is 1. The first-order chi connectivity index (χ1) is 17.8. The van der Waals surface area contributed by atoms with Gasteiger partial charge in [-0.15, -0.1) is 6.58 Å². The number of aromatic nitrogens is 2. The molecule has 11 heteroatoms. The number of rotatable bonds is 6. The predicted molar refractivity (Wildman–Crippen MR) is 134 cm³/mol. The molecule has 0 saturated carbocycles. The molecule has 2 fully saturated rings. The van der Waals surface area contributed by atoms with Crippen LogP contribution in [-0.4, -0.2) is 89.6 Å². The van der Waals surface area contributed by atoms with Gasteiger partial charge in [0.1, 0.15) is 18.0 Å². The summed E-state index contributed by atoms with van der Waals surface area (Å²) in [7, 11) is 1.84. The van der Waals surface area contributed by atoms with Gasteiger partial charge in [-0.2, -0.15) is 5.10 Å². The topological polar surface area (TPSA) is 122 Å². The first-order valence-electron chi connectivity index (χ1n) is 11.9. The van der Waals surface area contributed by atoms with E-state index in [1.807, 2.05) is 25.2 Å². The van der Waals surface area contributed by atoms with E-state index in [0.29, 0.717) is 0 Å². The quantitative estimate of drug-likeness (QED) is 0.491. The Morgan fingerprint density at radius 3 is 2.65 bits per heavy atom. The highest BCUT2D eigenvalue weighted by Crippen LogP contribution is 2.30. The summed E-state index contributed by atoms with van der Waals surface area (Å²) in [5.74, 6) is -0.495. The summed E-state index contributed by atoms with van der Waals surface area (Å²) in [6.45, 7) is 3.95. The summed E-state index contributed by atoms with van der Waals surface area (Å²) in [5.41, 5.74) is 2.54. The highest BCUT2D eigenvalue weighted by Gasteiger charge is 2.51. The van der Waals surface area contributed by atoms with Crippen molar-refractivity contribution in [2.45, 2.75) is 25.2 Å². The van der Waals surface area contributed by atoms with Crippen molar-refractivity contribution < 1.29 is 24.6 Å². The number of phenolic OH excluding ortho intramolecular Hbond substituents is 1. The van der Waals surface area contributed by atoms with Crippen LogP contribution in [0.2, 0.25) is 0 Å². The van der Waals surface area contributed by atoms with Gasteiger partial charge in [-0.25, -0.2) is 14.8 Å². The van der Waals surface area contributed by atoms with Crippen molar-refractivity contribution in [1.82, 2.24) is 29.6 Å². The summed E-state index contributed by atoms with van der Waals surface area (Å²) >= 11 is 0. The second-order valence-electron chi connectivity index (χ2n) is 9.27.